The van der Waals surface area contributed by atoms with Gasteiger partial charge in [0.05, 0.1) is 22.5 Å². The number of rotatable bonds is 5. The Morgan fingerprint density at radius 1 is 0.867 bits per heavy atom. The first-order valence-electron chi connectivity index (χ1n) is 14.5. The number of fused-ring (bicyclic) bond motifs is 9. The largest absolute Gasteiger partial charge is 0.325 e. The number of imide groups is 1. The predicted octanol–water partition coefficient (Wildman–Crippen LogP) is 6.67. The van der Waals surface area contributed by atoms with Crippen LogP contribution in [0.15, 0.2) is 82.6 Å². The van der Waals surface area contributed by atoms with Gasteiger partial charge in [0.2, 0.25) is 17.7 Å². The monoisotopic (exact) mass is 679 g/mol. The van der Waals surface area contributed by atoms with Gasteiger partial charge in [0.15, 0.2) is 0 Å². The first-order chi connectivity index (χ1) is 21.7. The van der Waals surface area contributed by atoms with Gasteiger partial charge in [-0.15, -0.1) is 11.8 Å². The number of aromatic nitrogens is 1. The lowest BCUT2D eigenvalue weighted by molar-refractivity contribution is -0.123. The van der Waals surface area contributed by atoms with Crippen LogP contribution < -0.4 is 15.1 Å². The zero-order valence-corrected chi connectivity index (χ0v) is 26.5. The van der Waals surface area contributed by atoms with Gasteiger partial charge in [0, 0.05) is 31.8 Å². The van der Waals surface area contributed by atoms with Gasteiger partial charge in [-0.05, 0) is 90.4 Å². The van der Waals surface area contributed by atoms with Crippen LogP contribution in [0.5, 0.6) is 0 Å². The SMILES string of the molecule is O=C(Cn1c2c(sc1=O)C(c1ccc(Cl)cc1)C1C3CC(C1S2)C1C(=O)N(c2ccc(F)cc2)C(=O)C31)Nc1ccc(Cl)cc1. The minimum Gasteiger partial charge on any atom is -0.325 e. The lowest BCUT2D eigenvalue weighted by Gasteiger charge is -2.43. The standard InChI is InChI=1S/C33H24Cl2FN3O4S2/c34-16-3-1-15(2-4-16)24-25-21-13-22(27-26(21)30(41)39(31(27)42)20-11-7-18(36)8-12-20)28(25)44-32-29(24)45-33(43)38(32)14-23(40)37-19-9-5-17(35)6-10-19/h1-12,21-22,24-28H,13-14H2,(H,37,40). The number of nitrogens with zero attached hydrogens (tertiary/aromatic N) is 2. The summed E-state index contributed by atoms with van der Waals surface area (Å²) in [6.07, 6.45) is 0.729. The van der Waals surface area contributed by atoms with Gasteiger partial charge in [-0.2, -0.15) is 0 Å². The lowest BCUT2D eigenvalue weighted by Crippen LogP contribution is -2.43. The molecule has 8 rings (SSSR count). The van der Waals surface area contributed by atoms with Crippen LogP contribution in [0.3, 0.4) is 0 Å². The number of benzene rings is 3. The molecule has 12 heteroatoms. The number of carbonyl (C=O) groups is 3. The van der Waals surface area contributed by atoms with Crippen LogP contribution in [0.1, 0.15) is 22.8 Å². The van der Waals surface area contributed by atoms with Crippen LogP contribution in [0, 0.1) is 35.4 Å². The fourth-order valence-electron chi connectivity index (χ4n) is 8.02. The van der Waals surface area contributed by atoms with Crippen LogP contribution in [0.4, 0.5) is 15.8 Å². The second-order valence-electron chi connectivity index (χ2n) is 12.0. The van der Waals surface area contributed by atoms with Crippen LogP contribution in [0.25, 0.3) is 0 Å². The summed E-state index contributed by atoms with van der Waals surface area (Å²) in [5, 5.41) is 4.66. The number of nitrogens with one attached hydrogen (secondary N) is 1. The number of carbonyl (C=O) groups excluding carboxylic acids is 3. The third kappa shape index (κ3) is 4.60. The molecule has 3 amide bonds. The summed E-state index contributed by atoms with van der Waals surface area (Å²) in [6.45, 7) is -0.166. The van der Waals surface area contributed by atoms with Gasteiger partial charge in [-0.3, -0.25) is 28.6 Å². The molecular formula is C33H24Cl2FN3O4S2. The molecule has 228 valence electrons. The van der Waals surface area contributed by atoms with Gasteiger partial charge in [0.25, 0.3) is 0 Å². The summed E-state index contributed by atoms with van der Waals surface area (Å²) in [5.41, 5.74) is 1.93. The highest BCUT2D eigenvalue weighted by molar-refractivity contribution is 8.00. The van der Waals surface area contributed by atoms with Gasteiger partial charge in [-0.25, -0.2) is 4.39 Å². The molecule has 7 unspecified atom stereocenters. The van der Waals surface area contributed by atoms with Crippen molar-refractivity contribution in [1.82, 2.24) is 4.57 Å². The molecule has 2 bridgehead atoms. The van der Waals surface area contributed by atoms with Crippen molar-refractivity contribution in [3.8, 4) is 0 Å². The molecular weight excluding hydrogens is 656 g/mol. The van der Waals surface area contributed by atoms with Crippen molar-refractivity contribution in [2.24, 2.45) is 29.6 Å². The maximum Gasteiger partial charge on any atom is 0.308 e. The van der Waals surface area contributed by atoms with E-state index in [2.05, 4.69) is 5.32 Å². The number of amides is 3. The Balaban J connectivity index is 1.17. The second kappa shape index (κ2) is 10.8. The number of hydrogen-bond acceptors (Lipinski definition) is 6. The smallest absolute Gasteiger partial charge is 0.308 e. The van der Waals surface area contributed by atoms with E-state index in [-0.39, 0.29) is 58.1 Å². The Morgan fingerprint density at radius 2 is 1.49 bits per heavy atom. The van der Waals surface area contributed by atoms with E-state index < -0.39 is 17.7 Å². The van der Waals surface area contributed by atoms with Gasteiger partial charge < -0.3 is 5.32 Å². The van der Waals surface area contributed by atoms with Crippen LogP contribution in [0.2, 0.25) is 10.0 Å². The second-order valence-corrected chi connectivity index (χ2v) is 15.0. The summed E-state index contributed by atoms with van der Waals surface area (Å²) >= 11 is 14.9. The minimum atomic E-state index is -0.485. The molecule has 1 saturated heterocycles. The average molecular weight is 681 g/mol. The number of thioether (sulfide) groups is 1. The Kier molecular flexibility index (Phi) is 6.98. The van der Waals surface area contributed by atoms with E-state index in [0.717, 1.165) is 33.2 Å². The normalized spacial score (nSPS) is 27.8. The first kappa shape index (κ1) is 29.0. The average Bonchev–Trinajstić information content (AvgIpc) is 3.74. The van der Waals surface area contributed by atoms with Gasteiger partial charge in [-0.1, -0.05) is 46.7 Å². The lowest BCUT2D eigenvalue weighted by atomic mass is 9.68. The Morgan fingerprint density at radius 3 is 2.16 bits per heavy atom. The minimum absolute atomic E-state index is 0.00534. The molecule has 3 aromatic carbocycles. The molecule has 3 fully saturated rings. The highest BCUT2D eigenvalue weighted by Crippen LogP contribution is 2.69. The molecule has 2 aliphatic heterocycles. The molecule has 45 heavy (non-hydrogen) atoms. The van der Waals surface area contributed by atoms with E-state index in [1.807, 2.05) is 24.3 Å². The molecule has 2 aliphatic carbocycles. The van der Waals surface area contributed by atoms with E-state index in [0.29, 0.717) is 21.4 Å². The molecule has 4 aromatic rings. The maximum absolute atomic E-state index is 13.9. The topological polar surface area (TPSA) is 88.5 Å². The Labute approximate surface area is 275 Å². The summed E-state index contributed by atoms with van der Waals surface area (Å²) < 4.78 is 15.2. The Hall–Kier alpha value is -3.44. The summed E-state index contributed by atoms with van der Waals surface area (Å²) in [6, 6.07) is 19.8. The highest BCUT2D eigenvalue weighted by atomic mass is 35.5. The van der Waals surface area contributed by atoms with Crippen molar-refractivity contribution in [2.75, 3.05) is 10.2 Å². The predicted molar refractivity (Wildman–Crippen MR) is 173 cm³/mol. The van der Waals surface area contributed by atoms with Crippen LogP contribution in [-0.4, -0.2) is 27.5 Å². The van der Waals surface area contributed by atoms with E-state index >= 15 is 0 Å². The van der Waals surface area contributed by atoms with Crippen LogP contribution in [-0.2, 0) is 20.9 Å². The number of anilines is 2. The van der Waals surface area contributed by atoms with Crippen molar-refractivity contribution in [1.29, 1.82) is 0 Å². The van der Waals surface area contributed by atoms with Crippen molar-refractivity contribution in [3.63, 3.8) is 0 Å². The molecule has 0 spiro atoms. The highest BCUT2D eigenvalue weighted by Gasteiger charge is 2.69. The fraction of sp³-hybridized carbons (Fsp3) is 0.273. The third-order valence-electron chi connectivity index (χ3n) is 9.69. The summed E-state index contributed by atoms with van der Waals surface area (Å²) in [4.78, 5) is 56.3. The van der Waals surface area contributed by atoms with Gasteiger partial charge in [0.1, 0.15) is 12.4 Å². The fourth-order valence-corrected chi connectivity index (χ4v) is 11.4. The molecule has 4 aliphatic rings. The van der Waals surface area contributed by atoms with Gasteiger partial charge >= 0.3 is 4.87 Å². The molecule has 7 atom stereocenters. The molecule has 7 nitrogen and oxygen atoms in total. The maximum atomic E-state index is 13.9. The summed E-state index contributed by atoms with van der Waals surface area (Å²) in [5.74, 6) is -2.61. The molecule has 1 N–H and O–H groups in total. The number of hydrogen-bond donors (Lipinski definition) is 1. The molecule has 1 aromatic heterocycles. The number of thiazole rings is 1. The zero-order valence-electron chi connectivity index (χ0n) is 23.4. The Bertz CT molecular complexity index is 1930. The molecule has 2 saturated carbocycles. The first-order valence-corrected chi connectivity index (χ1v) is 17.0. The van der Waals surface area contributed by atoms with Crippen molar-refractivity contribution < 1.29 is 18.8 Å². The zero-order chi connectivity index (χ0) is 31.1. The molecule has 0 radical (unpaired) electrons. The van der Waals surface area contributed by atoms with E-state index in [1.54, 1.807) is 36.0 Å². The van der Waals surface area contributed by atoms with Crippen molar-refractivity contribution >= 4 is 75.4 Å². The molecule has 3 heterocycles. The quantitative estimate of drug-likeness (QED) is 0.238. The van der Waals surface area contributed by atoms with E-state index in [4.69, 9.17) is 23.2 Å². The van der Waals surface area contributed by atoms with Crippen molar-refractivity contribution in [2.45, 2.75) is 29.2 Å². The van der Waals surface area contributed by atoms with E-state index in [9.17, 15) is 23.6 Å². The van der Waals surface area contributed by atoms with Crippen LogP contribution >= 0.6 is 46.3 Å². The summed E-state index contributed by atoms with van der Waals surface area (Å²) in [7, 11) is 0. The third-order valence-corrected chi connectivity index (χ3v) is 13.0. The van der Waals surface area contributed by atoms with Crippen molar-refractivity contribution in [3.05, 3.63) is 109 Å². The van der Waals surface area contributed by atoms with E-state index in [1.165, 1.54) is 33.7 Å². The number of halogens is 3.